The summed E-state index contributed by atoms with van der Waals surface area (Å²) < 4.78 is 5.71. The highest BCUT2D eigenvalue weighted by atomic mass is 35.5. The first-order valence-electron chi connectivity index (χ1n) is 5.89. The Morgan fingerprint density at radius 3 is 2.86 bits per heavy atom. The van der Waals surface area contributed by atoms with Crippen molar-refractivity contribution < 1.29 is 9.53 Å². The number of halogens is 1. The molecule has 9 heteroatoms. The summed E-state index contributed by atoms with van der Waals surface area (Å²) in [5, 5.41) is 10.8. The number of anilines is 2. The molecule has 112 valence electrons. The minimum Gasteiger partial charge on any atom is -0.495 e. The number of nitrogens with zero attached hydrogens (tertiary/aromatic N) is 2. The summed E-state index contributed by atoms with van der Waals surface area (Å²) in [5.74, 6) is 0.399. The van der Waals surface area contributed by atoms with Gasteiger partial charge in [-0.3, -0.25) is 4.79 Å². The lowest BCUT2D eigenvalue weighted by molar-refractivity contribution is -0.115. The van der Waals surface area contributed by atoms with Crippen molar-refractivity contribution in [1.82, 2.24) is 10.2 Å². The Balaban J connectivity index is 1.98. The first-order chi connectivity index (χ1) is 9.99. The molecule has 6 nitrogen and oxygen atoms in total. The molecule has 2 aromatic rings. The lowest BCUT2D eigenvalue weighted by atomic mass is 10.3. The average molecular weight is 345 g/mol. The normalized spacial score (nSPS) is 12.0. The van der Waals surface area contributed by atoms with Gasteiger partial charge in [0.05, 0.1) is 17.4 Å². The van der Waals surface area contributed by atoms with E-state index in [4.69, 9.17) is 22.1 Å². The van der Waals surface area contributed by atoms with Gasteiger partial charge < -0.3 is 15.8 Å². The fraction of sp³-hybridized carbons (Fsp3) is 0.250. The Bertz CT molecular complexity index is 650. The Kier molecular flexibility index (Phi) is 5.27. The van der Waals surface area contributed by atoms with Gasteiger partial charge in [-0.05, 0) is 25.1 Å². The number of nitrogens with two attached hydrogens (primary N) is 1. The van der Waals surface area contributed by atoms with Crippen molar-refractivity contribution in [2.75, 3.05) is 18.2 Å². The number of methoxy groups -OCH3 is 1. The second kappa shape index (κ2) is 6.97. The number of nitrogens with one attached hydrogen (secondary N) is 1. The molecule has 0 bridgehead atoms. The number of nitrogen functional groups attached to an aromatic ring is 1. The smallest absolute Gasteiger partial charge is 0.237 e. The molecule has 1 amide bonds. The molecule has 1 aromatic heterocycles. The standard InChI is InChI=1S/C12H13ClN4O2S2/c1-6(20-12-17-16-11(14)21-12)10(18)15-7-3-4-9(19-2)8(13)5-7/h3-6H,1-2H3,(H2,14,16)(H,15,18)/t6-/m1/s1. The van der Waals surface area contributed by atoms with Crippen LogP contribution in [0.15, 0.2) is 22.5 Å². The van der Waals surface area contributed by atoms with E-state index >= 15 is 0 Å². The van der Waals surface area contributed by atoms with Crippen LogP contribution in [0.2, 0.25) is 5.02 Å². The van der Waals surface area contributed by atoms with Crippen molar-refractivity contribution in [3.8, 4) is 5.75 Å². The number of hydrogen-bond acceptors (Lipinski definition) is 7. The predicted octanol–water partition coefficient (Wildman–Crippen LogP) is 2.90. The van der Waals surface area contributed by atoms with Crippen LogP contribution in [0.4, 0.5) is 10.8 Å². The zero-order valence-electron chi connectivity index (χ0n) is 11.3. The van der Waals surface area contributed by atoms with Gasteiger partial charge in [0.2, 0.25) is 11.0 Å². The molecular formula is C12H13ClN4O2S2. The second-order valence-corrected chi connectivity index (χ2v) is 7.01. The molecule has 0 fully saturated rings. The lowest BCUT2D eigenvalue weighted by Gasteiger charge is -2.11. The third-order valence-corrected chi connectivity index (χ3v) is 4.72. The third kappa shape index (κ3) is 4.23. The summed E-state index contributed by atoms with van der Waals surface area (Å²) >= 11 is 8.56. The van der Waals surface area contributed by atoms with Crippen molar-refractivity contribution in [2.45, 2.75) is 16.5 Å². The van der Waals surface area contributed by atoms with E-state index in [9.17, 15) is 4.79 Å². The molecule has 1 aromatic carbocycles. The molecular weight excluding hydrogens is 332 g/mol. The van der Waals surface area contributed by atoms with E-state index in [1.165, 1.54) is 30.2 Å². The maximum absolute atomic E-state index is 12.1. The molecule has 0 aliphatic carbocycles. The van der Waals surface area contributed by atoms with E-state index in [-0.39, 0.29) is 11.2 Å². The maximum atomic E-state index is 12.1. The second-order valence-electron chi connectivity index (χ2n) is 4.00. The molecule has 1 heterocycles. The number of aromatic nitrogens is 2. The number of hydrogen-bond donors (Lipinski definition) is 2. The number of thioether (sulfide) groups is 1. The Morgan fingerprint density at radius 2 is 2.29 bits per heavy atom. The molecule has 0 aliphatic rings. The quantitative estimate of drug-likeness (QED) is 0.810. The summed E-state index contributed by atoms with van der Waals surface area (Å²) in [6, 6.07) is 5.06. The number of rotatable bonds is 5. The first-order valence-corrected chi connectivity index (χ1v) is 7.97. The van der Waals surface area contributed by atoms with Gasteiger partial charge in [-0.1, -0.05) is 34.7 Å². The van der Waals surface area contributed by atoms with Crippen LogP contribution in [0, 0.1) is 0 Å². The highest BCUT2D eigenvalue weighted by molar-refractivity contribution is 8.02. The molecule has 0 spiro atoms. The van der Waals surface area contributed by atoms with Crippen LogP contribution < -0.4 is 15.8 Å². The molecule has 0 aliphatic heterocycles. The van der Waals surface area contributed by atoms with Crippen LogP contribution in [-0.2, 0) is 4.79 Å². The zero-order valence-corrected chi connectivity index (χ0v) is 13.7. The van der Waals surface area contributed by atoms with Gasteiger partial charge in [0.15, 0.2) is 4.34 Å². The van der Waals surface area contributed by atoms with Crippen LogP contribution >= 0.6 is 34.7 Å². The average Bonchev–Trinajstić information content (AvgIpc) is 2.84. The summed E-state index contributed by atoms with van der Waals surface area (Å²) in [4.78, 5) is 12.1. The van der Waals surface area contributed by atoms with Gasteiger partial charge in [0, 0.05) is 5.69 Å². The van der Waals surface area contributed by atoms with E-state index in [1.54, 1.807) is 25.1 Å². The fourth-order valence-electron chi connectivity index (χ4n) is 1.46. The summed E-state index contributed by atoms with van der Waals surface area (Å²) in [6.07, 6.45) is 0. The molecule has 0 unspecified atom stereocenters. The molecule has 2 rings (SSSR count). The minimum absolute atomic E-state index is 0.157. The molecule has 21 heavy (non-hydrogen) atoms. The number of carbonyl (C=O) groups excluding carboxylic acids is 1. The Morgan fingerprint density at radius 1 is 1.52 bits per heavy atom. The van der Waals surface area contributed by atoms with Crippen LogP contribution in [0.5, 0.6) is 5.75 Å². The van der Waals surface area contributed by atoms with Crippen LogP contribution in [0.1, 0.15) is 6.92 Å². The van der Waals surface area contributed by atoms with E-state index in [1.807, 2.05) is 0 Å². The molecule has 0 saturated carbocycles. The fourth-order valence-corrected chi connectivity index (χ4v) is 3.50. The van der Waals surface area contributed by atoms with Crippen LogP contribution in [0.3, 0.4) is 0 Å². The van der Waals surface area contributed by atoms with E-state index in [0.717, 1.165) is 0 Å². The summed E-state index contributed by atoms with van der Waals surface area (Å²) in [6.45, 7) is 1.78. The maximum Gasteiger partial charge on any atom is 0.237 e. The molecule has 0 radical (unpaired) electrons. The van der Waals surface area contributed by atoms with Crippen LogP contribution in [-0.4, -0.2) is 28.5 Å². The van der Waals surface area contributed by atoms with Crippen molar-refractivity contribution in [1.29, 1.82) is 0 Å². The number of amides is 1. The van der Waals surface area contributed by atoms with Gasteiger partial charge in [-0.25, -0.2) is 0 Å². The van der Waals surface area contributed by atoms with E-state index in [0.29, 0.717) is 25.9 Å². The largest absolute Gasteiger partial charge is 0.495 e. The van der Waals surface area contributed by atoms with Gasteiger partial charge >= 0.3 is 0 Å². The summed E-state index contributed by atoms with van der Waals surface area (Å²) in [7, 11) is 1.53. The molecule has 3 N–H and O–H groups in total. The van der Waals surface area contributed by atoms with E-state index in [2.05, 4.69) is 15.5 Å². The van der Waals surface area contributed by atoms with Crippen molar-refractivity contribution in [3.05, 3.63) is 23.2 Å². The predicted molar refractivity (Wildman–Crippen MR) is 86.3 cm³/mol. The number of benzene rings is 1. The van der Waals surface area contributed by atoms with Gasteiger partial charge in [0.25, 0.3) is 0 Å². The number of carbonyl (C=O) groups is 1. The lowest BCUT2D eigenvalue weighted by Crippen LogP contribution is -2.22. The van der Waals surface area contributed by atoms with Crippen molar-refractivity contribution in [2.24, 2.45) is 0 Å². The topological polar surface area (TPSA) is 90.1 Å². The Hall–Kier alpha value is -1.51. The Labute approximate surface area is 135 Å². The first kappa shape index (κ1) is 15.9. The zero-order chi connectivity index (χ0) is 15.4. The van der Waals surface area contributed by atoms with Gasteiger partial charge in [-0.15, -0.1) is 10.2 Å². The van der Waals surface area contributed by atoms with Crippen molar-refractivity contribution in [3.63, 3.8) is 0 Å². The summed E-state index contributed by atoms with van der Waals surface area (Å²) in [5.41, 5.74) is 6.11. The van der Waals surface area contributed by atoms with Gasteiger partial charge in [0.1, 0.15) is 5.75 Å². The van der Waals surface area contributed by atoms with Crippen LogP contribution in [0.25, 0.3) is 0 Å². The van der Waals surface area contributed by atoms with Crippen molar-refractivity contribution >= 4 is 51.4 Å². The van der Waals surface area contributed by atoms with Gasteiger partial charge in [-0.2, -0.15) is 0 Å². The van der Waals surface area contributed by atoms with E-state index < -0.39 is 0 Å². The minimum atomic E-state index is -0.335. The third-order valence-electron chi connectivity index (χ3n) is 2.49. The molecule has 0 saturated heterocycles. The number of ether oxygens (including phenoxy) is 1. The monoisotopic (exact) mass is 344 g/mol. The highest BCUT2D eigenvalue weighted by Crippen LogP contribution is 2.30. The molecule has 1 atom stereocenters. The highest BCUT2D eigenvalue weighted by Gasteiger charge is 2.17. The SMILES string of the molecule is COc1ccc(NC(=O)[C@@H](C)Sc2nnc(N)s2)cc1Cl.